The molecule has 1 saturated carbocycles. The minimum Gasteiger partial charge on any atom is -0.341 e. The van der Waals surface area contributed by atoms with Crippen LogP contribution in [-0.2, 0) is 9.59 Å². The molecular weight excluding hydrogens is 258 g/mol. The van der Waals surface area contributed by atoms with E-state index in [1.54, 1.807) is 19.0 Å². The second-order valence-corrected chi connectivity index (χ2v) is 5.77. The van der Waals surface area contributed by atoms with E-state index in [4.69, 9.17) is 0 Å². The number of hydrogen-bond acceptors (Lipinski definition) is 3. The second-order valence-electron chi connectivity index (χ2n) is 5.77. The predicted octanol–water partition coefficient (Wildman–Crippen LogP) is 1.06. The van der Waals surface area contributed by atoms with Gasteiger partial charge in [-0.15, -0.1) is 0 Å². The fourth-order valence-corrected chi connectivity index (χ4v) is 2.92. The van der Waals surface area contributed by atoms with Gasteiger partial charge in [0.05, 0.1) is 0 Å². The minimum atomic E-state index is -0.377. The lowest BCUT2D eigenvalue weighted by Gasteiger charge is -2.28. The monoisotopic (exact) mass is 281 g/mol. The van der Waals surface area contributed by atoms with Gasteiger partial charge in [-0.3, -0.25) is 14.5 Å². The number of carbonyl (C=O) groups is 3. The zero-order valence-corrected chi connectivity index (χ0v) is 12.3. The number of amides is 4. The van der Waals surface area contributed by atoms with Gasteiger partial charge in [0.15, 0.2) is 0 Å². The van der Waals surface area contributed by atoms with Gasteiger partial charge in [-0.1, -0.05) is 25.7 Å². The van der Waals surface area contributed by atoms with E-state index in [9.17, 15) is 14.4 Å². The molecule has 1 aliphatic carbocycles. The predicted molar refractivity (Wildman–Crippen MR) is 74.0 cm³/mol. The Hall–Kier alpha value is -1.59. The molecule has 0 aromatic carbocycles. The van der Waals surface area contributed by atoms with Crippen molar-refractivity contribution in [2.24, 2.45) is 0 Å². The summed E-state index contributed by atoms with van der Waals surface area (Å²) in [5, 5.41) is 0. The van der Waals surface area contributed by atoms with Crippen molar-refractivity contribution in [3.63, 3.8) is 0 Å². The van der Waals surface area contributed by atoms with Crippen molar-refractivity contribution in [3.8, 4) is 0 Å². The minimum absolute atomic E-state index is 0.0687. The van der Waals surface area contributed by atoms with Gasteiger partial charge in [-0.25, -0.2) is 4.79 Å². The van der Waals surface area contributed by atoms with Gasteiger partial charge < -0.3 is 9.80 Å². The largest absolute Gasteiger partial charge is 0.341 e. The molecule has 0 unspecified atom stereocenters. The summed E-state index contributed by atoms with van der Waals surface area (Å²) in [6.45, 7) is -0.0612. The van der Waals surface area contributed by atoms with E-state index < -0.39 is 0 Å². The Labute approximate surface area is 119 Å². The van der Waals surface area contributed by atoms with E-state index in [-0.39, 0.29) is 37.0 Å². The highest BCUT2D eigenvalue weighted by atomic mass is 16.2. The molecule has 112 valence electrons. The van der Waals surface area contributed by atoms with Crippen molar-refractivity contribution in [3.05, 3.63) is 0 Å². The van der Waals surface area contributed by atoms with Crippen molar-refractivity contribution in [1.82, 2.24) is 14.7 Å². The molecule has 6 heteroatoms. The normalized spacial score (nSPS) is 21.3. The van der Waals surface area contributed by atoms with Crippen LogP contribution >= 0.6 is 0 Å². The summed E-state index contributed by atoms with van der Waals surface area (Å²) in [6.07, 6.45) is 6.78. The molecule has 2 rings (SSSR count). The van der Waals surface area contributed by atoms with E-state index in [1.807, 2.05) is 0 Å². The Morgan fingerprint density at radius 3 is 2.30 bits per heavy atom. The first-order valence-corrected chi connectivity index (χ1v) is 7.32. The average molecular weight is 281 g/mol. The third kappa shape index (κ3) is 3.11. The number of carbonyl (C=O) groups excluding carboxylic acids is 3. The van der Waals surface area contributed by atoms with Crippen LogP contribution in [0.25, 0.3) is 0 Å². The Bertz CT molecular complexity index is 402. The smallest absolute Gasteiger partial charge is 0.327 e. The standard InChI is InChI=1S/C14H23N3O3/c1-15-9-13(19)17(14(15)20)10-12(18)16(2)11-7-5-3-4-6-8-11/h11H,3-10H2,1-2H3. The molecule has 2 fully saturated rings. The fourth-order valence-electron chi connectivity index (χ4n) is 2.92. The van der Waals surface area contributed by atoms with Gasteiger partial charge in [0.2, 0.25) is 5.91 Å². The molecular formula is C14H23N3O3. The molecule has 2 aliphatic rings. The van der Waals surface area contributed by atoms with Crippen LogP contribution in [0.4, 0.5) is 4.79 Å². The van der Waals surface area contributed by atoms with Gasteiger partial charge in [0.25, 0.3) is 5.91 Å². The summed E-state index contributed by atoms with van der Waals surface area (Å²) in [5.41, 5.74) is 0. The summed E-state index contributed by atoms with van der Waals surface area (Å²) >= 11 is 0. The second kappa shape index (κ2) is 6.24. The lowest BCUT2D eigenvalue weighted by atomic mass is 10.1. The van der Waals surface area contributed by atoms with Crippen LogP contribution in [0.3, 0.4) is 0 Å². The number of urea groups is 1. The molecule has 0 aromatic rings. The Morgan fingerprint density at radius 2 is 1.80 bits per heavy atom. The summed E-state index contributed by atoms with van der Waals surface area (Å²) < 4.78 is 0. The molecule has 1 aliphatic heterocycles. The van der Waals surface area contributed by atoms with Crippen LogP contribution in [0, 0.1) is 0 Å². The van der Waals surface area contributed by atoms with Gasteiger partial charge in [0.1, 0.15) is 13.1 Å². The third-order valence-electron chi connectivity index (χ3n) is 4.29. The maximum absolute atomic E-state index is 12.3. The topological polar surface area (TPSA) is 60.9 Å². The van der Waals surface area contributed by atoms with Crippen LogP contribution in [0.15, 0.2) is 0 Å². The van der Waals surface area contributed by atoms with Crippen LogP contribution < -0.4 is 0 Å². The van der Waals surface area contributed by atoms with Gasteiger partial charge in [-0.2, -0.15) is 0 Å². The first-order chi connectivity index (χ1) is 9.50. The first-order valence-electron chi connectivity index (χ1n) is 7.32. The highest BCUT2D eigenvalue weighted by molar-refractivity contribution is 6.04. The molecule has 0 bridgehead atoms. The van der Waals surface area contributed by atoms with Crippen molar-refractivity contribution < 1.29 is 14.4 Å². The summed E-state index contributed by atoms with van der Waals surface area (Å²) in [5.74, 6) is -0.436. The summed E-state index contributed by atoms with van der Waals surface area (Å²) in [4.78, 5) is 39.8. The number of imide groups is 1. The summed E-state index contributed by atoms with van der Waals surface area (Å²) in [7, 11) is 3.35. The number of hydrogen-bond donors (Lipinski definition) is 0. The quantitative estimate of drug-likeness (QED) is 0.574. The summed E-state index contributed by atoms with van der Waals surface area (Å²) in [6, 6.07) is -0.131. The molecule has 0 atom stereocenters. The molecule has 0 radical (unpaired) electrons. The van der Waals surface area contributed by atoms with Crippen LogP contribution in [0.5, 0.6) is 0 Å². The van der Waals surface area contributed by atoms with Gasteiger partial charge in [0, 0.05) is 20.1 Å². The van der Waals surface area contributed by atoms with Crippen molar-refractivity contribution in [1.29, 1.82) is 0 Å². The number of likely N-dealkylation sites (N-methyl/N-ethyl adjacent to an activating group) is 2. The molecule has 1 heterocycles. The molecule has 0 aromatic heterocycles. The van der Waals surface area contributed by atoms with Crippen molar-refractivity contribution in [2.75, 3.05) is 27.2 Å². The average Bonchev–Trinajstić information content (AvgIpc) is 2.67. The van der Waals surface area contributed by atoms with Crippen molar-refractivity contribution in [2.45, 2.75) is 44.6 Å². The van der Waals surface area contributed by atoms with E-state index in [0.29, 0.717) is 0 Å². The van der Waals surface area contributed by atoms with Crippen LogP contribution in [0.1, 0.15) is 38.5 Å². The van der Waals surface area contributed by atoms with E-state index >= 15 is 0 Å². The lowest BCUT2D eigenvalue weighted by Crippen LogP contribution is -2.45. The molecule has 0 N–H and O–H groups in total. The Balaban J connectivity index is 1.93. The number of rotatable bonds is 3. The van der Waals surface area contributed by atoms with E-state index in [0.717, 1.165) is 30.6 Å². The zero-order chi connectivity index (χ0) is 14.7. The highest BCUT2D eigenvalue weighted by Gasteiger charge is 2.36. The molecule has 1 saturated heterocycles. The first kappa shape index (κ1) is 14.8. The van der Waals surface area contributed by atoms with Crippen LogP contribution in [-0.4, -0.2) is 65.8 Å². The highest BCUT2D eigenvalue weighted by Crippen LogP contribution is 2.21. The van der Waals surface area contributed by atoms with E-state index in [1.165, 1.54) is 17.7 Å². The maximum atomic E-state index is 12.3. The maximum Gasteiger partial charge on any atom is 0.327 e. The van der Waals surface area contributed by atoms with E-state index in [2.05, 4.69) is 0 Å². The zero-order valence-electron chi connectivity index (χ0n) is 12.3. The SMILES string of the molecule is CN1CC(=O)N(CC(=O)N(C)C2CCCCCC2)C1=O. The molecule has 4 amide bonds. The molecule has 6 nitrogen and oxygen atoms in total. The van der Waals surface area contributed by atoms with Gasteiger partial charge >= 0.3 is 6.03 Å². The number of nitrogens with zero attached hydrogens (tertiary/aromatic N) is 3. The van der Waals surface area contributed by atoms with Gasteiger partial charge in [-0.05, 0) is 12.8 Å². The molecule has 20 heavy (non-hydrogen) atoms. The fraction of sp³-hybridized carbons (Fsp3) is 0.786. The van der Waals surface area contributed by atoms with Crippen molar-refractivity contribution >= 4 is 17.8 Å². The third-order valence-corrected chi connectivity index (χ3v) is 4.29. The Morgan fingerprint density at radius 1 is 1.20 bits per heavy atom. The lowest BCUT2D eigenvalue weighted by molar-refractivity contribution is -0.137. The Kier molecular flexibility index (Phi) is 4.62. The molecule has 0 spiro atoms. The van der Waals surface area contributed by atoms with Crippen LogP contribution in [0.2, 0.25) is 0 Å².